The minimum atomic E-state index is -0.618. The Bertz CT molecular complexity index is 1530. The van der Waals surface area contributed by atoms with Gasteiger partial charge in [0.2, 0.25) is 5.91 Å². The van der Waals surface area contributed by atoms with E-state index in [1.807, 2.05) is 56.3 Å². The number of aryl methyl sites for hydroxylation is 1. The van der Waals surface area contributed by atoms with Gasteiger partial charge >= 0.3 is 6.09 Å². The van der Waals surface area contributed by atoms with E-state index in [0.717, 1.165) is 28.3 Å². The second-order valence-corrected chi connectivity index (χ2v) is 14.1. The fourth-order valence-corrected chi connectivity index (χ4v) is 6.37. The Morgan fingerprint density at radius 2 is 1.84 bits per heavy atom. The van der Waals surface area contributed by atoms with E-state index in [-0.39, 0.29) is 41.9 Å². The molecule has 1 fully saturated rings. The molecule has 2 aromatic heterocycles. The van der Waals surface area contributed by atoms with Gasteiger partial charge in [-0.2, -0.15) is 0 Å². The Kier molecular flexibility index (Phi) is 8.79. The number of imidazole rings is 1. The second kappa shape index (κ2) is 12.1. The van der Waals surface area contributed by atoms with E-state index in [4.69, 9.17) is 21.3 Å². The number of carbonyl (C=O) groups excluding carboxylic acids is 2. The summed E-state index contributed by atoms with van der Waals surface area (Å²) in [6.07, 6.45) is 3.85. The van der Waals surface area contributed by atoms with Crippen molar-refractivity contribution in [3.63, 3.8) is 0 Å². The van der Waals surface area contributed by atoms with Crippen LogP contribution in [0.1, 0.15) is 64.2 Å². The van der Waals surface area contributed by atoms with Crippen molar-refractivity contribution in [1.82, 2.24) is 24.3 Å². The molecule has 9 nitrogen and oxygen atoms in total. The molecule has 0 unspecified atom stereocenters. The molecule has 2 aliphatic rings. The van der Waals surface area contributed by atoms with Crippen LogP contribution in [0.5, 0.6) is 0 Å². The van der Waals surface area contributed by atoms with E-state index < -0.39 is 5.60 Å². The molecule has 0 spiro atoms. The van der Waals surface area contributed by atoms with E-state index in [0.29, 0.717) is 37.8 Å². The Morgan fingerprint density at radius 3 is 2.48 bits per heavy atom. The third-order valence-corrected chi connectivity index (χ3v) is 8.49. The number of benzene rings is 1. The van der Waals surface area contributed by atoms with Crippen molar-refractivity contribution in [2.24, 2.45) is 0 Å². The van der Waals surface area contributed by atoms with Crippen molar-refractivity contribution in [3.8, 4) is 0 Å². The van der Waals surface area contributed by atoms with Gasteiger partial charge in [-0.3, -0.25) is 14.7 Å². The lowest BCUT2D eigenvalue weighted by Gasteiger charge is -2.45. The quantitative estimate of drug-likeness (QED) is 0.355. The fourth-order valence-electron chi connectivity index (χ4n) is 6.13. The average molecular weight is 625 g/mol. The van der Waals surface area contributed by atoms with Crippen molar-refractivity contribution in [2.75, 3.05) is 31.1 Å². The number of fused-ring (bicyclic) bond motifs is 1. The van der Waals surface area contributed by atoms with E-state index in [1.54, 1.807) is 23.2 Å². The third-order valence-electron chi connectivity index (χ3n) is 8.31. The zero-order valence-corrected chi connectivity index (χ0v) is 27.4. The van der Waals surface area contributed by atoms with Gasteiger partial charge < -0.3 is 19.1 Å². The molecule has 2 amide bonds. The minimum absolute atomic E-state index is 0.0270. The molecular formula is C33H42ClFN6O3. The molecule has 0 bridgehead atoms. The third kappa shape index (κ3) is 7.07. The van der Waals surface area contributed by atoms with Gasteiger partial charge in [-0.05, 0) is 70.4 Å². The van der Waals surface area contributed by atoms with E-state index in [1.165, 1.54) is 12.1 Å². The van der Waals surface area contributed by atoms with Gasteiger partial charge in [-0.1, -0.05) is 37.6 Å². The molecule has 4 heterocycles. The molecule has 0 saturated carbocycles. The van der Waals surface area contributed by atoms with Gasteiger partial charge in [0.15, 0.2) is 0 Å². The van der Waals surface area contributed by atoms with Crippen LogP contribution >= 0.6 is 11.6 Å². The van der Waals surface area contributed by atoms with Gasteiger partial charge in [0.05, 0.1) is 17.9 Å². The second-order valence-electron chi connectivity index (χ2n) is 13.7. The van der Waals surface area contributed by atoms with Crippen LogP contribution in [0.3, 0.4) is 0 Å². The number of nitrogens with zero attached hydrogens (tertiary/aromatic N) is 6. The predicted octanol–water partition coefficient (Wildman–Crippen LogP) is 5.60. The first-order chi connectivity index (χ1) is 20.6. The summed E-state index contributed by atoms with van der Waals surface area (Å²) in [5.74, 6) is 0.463. The highest BCUT2D eigenvalue weighted by Crippen LogP contribution is 2.40. The van der Waals surface area contributed by atoms with Crippen LogP contribution in [-0.4, -0.2) is 80.2 Å². The van der Waals surface area contributed by atoms with Gasteiger partial charge in [-0.15, -0.1) is 0 Å². The van der Waals surface area contributed by atoms with Crippen LogP contribution in [0.2, 0.25) is 5.15 Å². The van der Waals surface area contributed by atoms with Crippen molar-refractivity contribution in [1.29, 1.82) is 0 Å². The Hall–Kier alpha value is -3.50. The maximum absolute atomic E-state index is 14.1. The van der Waals surface area contributed by atoms with E-state index >= 15 is 0 Å². The van der Waals surface area contributed by atoms with Gasteiger partial charge in [0.1, 0.15) is 22.4 Å². The number of hydrogen-bond donors (Lipinski definition) is 0. The van der Waals surface area contributed by atoms with Crippen LogP contribution in [0.25, 0.3) is 0 Å². The topological polar surface area (TPSA) is 83.8 Å². The van der Waals surface area contributed by atoms with Crippen LogP contribution in [0.4, 0.5) is 14.9 Å². The largest absolute Gasteiger partial charge is 0.444 e. The lowest BCUT2D eigenvalue weighted by Crippen LogP contribution is -2.62. The number of pyridine rings is 1. The molecule has 5 rings (SSSR count). The molecule has 2 aliphatic heterocycles. The number of hydrogen-bond acceptors (Lipinski definition) is 6. The van der Waals surface area contributed by atoms with Crippen molar-refractivity contribution < 1.29 is 18.7 Å². The summed E-state index contributed by atoms with van der Waals surface area (Å²) in [5.41, 5.74) is 2.69. The molecule has 3 aromatic rings. The number of aromatic nitrogens is 3. The van der Waals surface area contributed by atoms with Gasteiger partial charge in [0, 0.05) is 56.1 Å². The number of anilines is 1. The summed E-state index contributed by atoms with van der Waals surface area (Å²) in [6, 6.07) is 8.14. The number of piperazine rings is 1. The molecule has 0 N–H and O–H groups in total. The van der Waals surface area contributed by atoms with Crippen LogP contribution in [-0.2, 0) is 27.9 Å². The number of carbonyl (C=O) groups is 2. The SMILES string of the molecule is Cc1nc(Cl)cn1C[C@@H]1CN(C(=O)OC(C)(C)C)[C@H](C)CN1CC(=O)N1CC(C)(C)c2ncc(Cc3ccc(F)cc3)cc21. The molecule has 1 saturated heterocycles. The summed E-state index contributed by atoms with van der Waals surface area (Å²) < 4.78 is 21.1. The van der Waals surface area contributed by atoms with Gasteiger partial charge in [0.25, 0.3) is 0 Å². The van der Waals surface area contributed by atoms with Crippen molar-refractivity contribution in [2.45, 2.75) is 84.5 Å². The first kappa shape index (κ1) is 31.9. The number of rotatable bonds is 6. The zero-order valence-electron chi connectivity index (χ0n) is 26.6. The molecule has 2 atom stereocenters. The molecule has 11 heteroatoms. The highest BCUT2D eigenvalue weighted by atomic mass is 35.5. The lowest BCUT2D eigenvalue weighted by atomic mass is 9.91. The van der Waals surface area contributed by atoms with Crippen LogP contribution in [0, 0.1) is 12.7 Å². The summed E-state index contributed by atoms with van der Waals surface area (Å²) in [4.78, 5) is 42.2. The van der Waals surface area contributed by atoms with E-state index in [2.05, 4.69) is 23.7 Å². The smallest absolute Gasteiger partial charge is 0.410 e. The Labute approximate surface area is 264 Å². The first-order valence-corrected chi connectivity index (χ1v) is 15.4. The molecule has 0 radical (unpaired) electrons. The lowest BCUT2D eigenvalue weighted by molar-refractivity contribution is -0.121. The Balaban J connectivity index is 1.38. The summed E-state index contributed by atoms with van der Waals surface area (Å²) >= 11 is 6.20. The molecule has 236 valence electrons. The highest BCUT2D eigenvalue weighted by Gasteiger charge is 2.42. The monoisotopic (exact) mass is 624 g/mol. The number of amides is 2. The molecule has 1 aromatic carbocycles. The normalized spacial score (nSPS) is 20.1. The highest BCUT2D eigenvalue weighted by molar-refractivity contribution is 6.29. The van der Waals surface area contributed by atoms with Crippen molar-refractivity contribution >= 4 is 29.3 Å². The van der Waals surface area contributed by atoms with E-state index in [9.17, 15) is 14.0 Å². The van der Waals surface area contributed by atoms with Crippen molar-refractivity contribution in [3.05, 3.63) is 76.3 Å². The molecule has 0 aliphatic carbocycles. The Morgan fingerprint density at radius 1 is 1.14 bits per heavy atom. The maximum atomic E-state index is 14.1. The molecule has 44 heavy (non-hydrogen) atoms. The predicted molar refractivity (Wildman–Crippen MR) is 169 cm³/mol. The maximum Gasteiger partial charge on any atom is 0.410 e. The standard InChI is InChI=1S/C33H42ClFN6O3/c1-21-15-39(26(16-38-18-28(34)37-22(38)2)17-40(21)31(43)44-32(3,4)5)19-29(42)41-20-33(6,7)30-27(41)13-24(14-36-30)12-23-8-10-25(35)11-9-23/h8-11,13-14,18,21,26H,12,15-17,19-20H2,1-7H3/t21-,26-/m1/s1. The summed E-state index contributed by atoms with van der Waals surface area (Å²) in [5, 5.41) is 0.401. The number of halogens is 2. The van der Waals surface area contributed by atoms with Crippen LogP contribution < -0.4 is 4.90 Å². The summed E-state index contributed by atoms with van der Waals surface area (Å²) in [7, 11) is 0. The first-order valence-electron chi connectivity index (χ1n) is 15.1. The summed E-state index contributed by atoms with van der Waals surface area (Å²) in [6.45, 7) is 15.7. The molecular weight excluding hydrogens is 583 g/mol. The number of ether oxygens (including phenoxy) is 1. The zero-order chi connectivity index (χ0) is 32.0. The minimum Gasteiger partial charge on any atom is -0.444 e. The fraction of sp³-hybridized carbons (Fsp3) is 0.515. The average Bonchev–Trinajstić information content (AvgIpc) is 3.38. The van der Waals surface area contributed by atoms with Gasteiger partial charge in [-0.25, -0.2) is 14.2 Å². The van der Waals surface area contributed by atoms with Crippen LogP contribution in [0.15, 0.2) is 42.7 Å².